The summed E-state index contributed by atoms with van der Waals surface area (Å²) >= 11 is 9.29. The number of hydrogen-bond donors (Lipinski definition) is 1. The third kappa shape index (κ3) is 3.33. The molecule has 0 amide bonds. The van der Waals surface area contributed by atoms with Crippen LogP contribution in [0.3, 0.4) is 0 Å². The summed E-state index contributed by atoms with van der Waals surface area (Å²) in [6, 6.07) is 10.8. The Morgan fingerprint density at radius 3 is 2.86 bits per heavy atom. The van der Waals surface area contributed by atoms with E-state index >= 15 is 0 Å². The SMILES string of the molecule is COc1cccc(C2CC(Nc3cnc(Cl)c(Br)c3)C2)c1. The lowest BCUT2D eigenvalue weighted by Gasteiger charge is -2.37. The number of hydrogen-bond acceptors (Lipinski definition) is 3. The molecule has 1 N–H and O–H groups in total. The number of ether oxygens (including phenoxy) is 1. The maximum Gasteiger partial charge on any atom is 0.143 e. The van der Waals surface area contributed by atoms with Gasteiger partial charge in [0, 0.05) is 6.04 Å². The first-order valence-electron chi connectivity index (χ1n) is 6.87. The molecule has 1 aromatic heterocycles. The quantitative estimate of drug-likeness (QED) is 0.783. The molecule has 5 heteroatoms. The summed E-state index contributed by atoms with van der Waals surface area (Å²) in [5.74, 6) is 1.52. The minimum Gasteiger partial charge on any atom is -0.497 e. The highest BCUT2D eigenvalue weighted by Crippen LogP contribution is 2.39. The number of methoxy groups -OCH3 is 1. The van der Waals surface area contributed by atoms with Gasteiger partial charge in [-0.2, -0.15) is 0 Å². The van der Waals surface area contributed by atoms with Crippen LogP contribution in [0.1, 0.15) is 24.3 Å². The highest BCUT2D eigenvalue weighted by molar-refractivity contribution is 9.10. The second-order valence-corrected chi connectivity index (χ2v) is 6.50. The minimum absolute atomic E-state index is 0.482. The van der Waals surface area contributed by atoms with E-state index in [-0.39, 0.29) is 0 Å². The van der Waals surface area contributed by atoms with Gasteiger partial charge in [-0.1, -0.05) is 23.7 Å². The highest BCUT2D eigenvalue weighted by atomic mass is 79.9. The van der Waals surface area contributed by atoms with Crippen LogP contribution in [-0.4, -0.2) is 18.1 Å². The zero-order valence-electron chi connectivity index (χ0n) is 11.6. The number of pyridine rings is 1. The predicted octanol–water partition coefficient (Wildman–Crippen LogP) is 4.86. The van der Waals surface area contributed by atoms with E-state index in [2.05, 4.69) is 44.4 Å². The molecule has 1 aliphatic carbocycles. The zero-order valence-corrected chi connectivity index (χ0v) is 14.0. The van der Waals surface area contributed by atoms with Crippen LogP contribution < -0.4 is 10.1 Å². The van der Waals surface area contributed by atoms with Crippen molar-refractivity contribution < 1.29 is 4.74 Å². The largest absolute Gasteiger partial charge is 0.497 e. The Morgan fingerprint density at radius 2 is 2.14 bits per heavy atom. The molecule has 0 atom stereocenters. The average molecular weight is 368 g/mol. The third-order valence-corrected chi connectivity index (χ3v) is 5.00. The number of halogens is 2. The molecule has 3 rings (SSSR count). The van der Waals surface area contributed by atoms with Crippen molar-refractivity contribution in [2.75, 3.05) is 12.4 Å². The Bertz CT molecular complexity index is 644. The fourth-order valence-electron chi connectivity index (χ4n) is 2.64. The lowest BCUT2D eigenvalue weighted by molar-refractivity contribution is 0.370. The maximum atomic E-state index is 5.90. The lowest BCUT2D eigenvalue weighted by atomic mass is 9.76. The number of benzene rings is 1. The van der Waals surface area contributed by atoms with Gasteiger partial charge in [0.2, 0.25) is 0 Å². The summed E-state index contributed by atoms with van der Waals surface area (Å²) in [5, 5.41) is 3.98. The van der Waals surface area contributed by atoms with E-state index in [0.29, 0.717) is 17.1 Å². The third-order valence-electron chi connectivity index (χ3n) is 3.87. The Morgan fingerprint density at radius 1 is 1.33 bits per heavy atom. The molecule has 2 aromatic rings. The standard InChI is InChI=1S/C16H16BrClN2O/c1-21-14-4-2-3-10(7-14)11-5-12(6-11)20-13-8-15(17)16(18)19-9-13/h2-4,7-9,11-12,20H,5-6H2,1H3. The van der Waals surface area contributed by atoms with E-state index in [9.17, 15) is 0 Å². The number of nitrogens with one attached hydrogen (secondary N) is 1. The fraction of sp³-hybridized carbons (Fsp3) is 0.312. The molecule has 3 nitrogen and oxygen atoms in total. The van der Waals surface area contributed by atoms with Crippen molar-refractivity contribution in [3.05, 3.63) is 51.7 Å². The van der Waals surface area contributed by atoms with Crippen LogP contribution in [0.5, 0.6) is 5.75 Å². The molecule has 0 spiro atoms. The molecule has 0 unspecified atom stereocenters. The Hall–Kier alpha value is -1.26. The highest BCUT2D eigenvalue weighted by Gasteiger charge is 2.30. The molecule has 1 aliphatic rings. The first-order valence-corrected chi connectivity index (χ1v) is 8.04. The summed E-state index contributed by atoms with van der Waals surface area (Å²) in [7, 11) is 1.70. The Balaban J connectivity index is 1.59. The maximum absolute atomic E-state index is 5.90. The van der Waals surface area contributed by atoms with Crippen molar-refractivity contribution in [1.82, 2.24) is 4.98 Å². The van der Waals surface area contributed by atoms with Crippen LogP contribution in [0.15, 0.2) is 41.0 Å². The molecule has 21 heavy (non-hydrogen) atoms. The van der Waals surface area contributed by atoms with Crippen LogP contribution in [0.25, 0.3) is 0 Å². The molecule has 110 valence electrons. The van der Waals surface area contributed by atoms with E-state index in [4.69, 9.17) is 16.3 Å². The normalized spacial score (nSPS) is 20.7. The van der Waals surface area contributed by atoms with Gasteiger partial charge in [-0.3, -0.25) is 0 Å². The zero-order chi connectivity index (χ0) is 14.8. The molecule has 1 heterocycles. The molecule has 0 aliphatic heterocycles. The van der Waals surface area contributed by atoms with Crippen molar-refractivity contribution in [3.63, 3.8) is 0 Å². The van der Waals surface area contributed by atoms with E-state index < -0.39 is 0 Å². The van der Waals surface area contributed by atoms with Crippen LogP contribution >= 0.6 is 27.5 Å². The number of nitrogens with zero attached hydrogens (tertiary/aromatic N) is 1. The summed E-state index contributed by atoms with van der Waals surface area (Å²) in [6.45, 7) is 0. The number of aromatic nitrogens is 1. The van der Waals surface area contributed by atoms with Gasteiger partial charge in [-0.05, 0) is 58.5 Å². The predicted molar refractivity (Wildman–Crippen MR) is 89.3 cm³/mol. The van der Waals surface area contributed by atoms with Gasteiger partial charge < -0.3 is 10.1 Å². The summed E-state index contributed by atoms with van der Waals surface area (Å²) in [5.41, 5.74) is 2.35. The fourth-order valence-corrected chi connectivity index (χ4v) is 3.09. The van der Waals surface area contributed by atoms with Gasteiger partial charge in [-0.25, -0.2) is 4.98 Å². The van der Waals surface area contributed by atoms with Crippen molar-refractivity contribution in [2.24, 2.45) is 0 Å². The van der Waals surface area contributed by atoms with Crippen molar-refractivity contribution in [3.8, 4) is 5.75 Å². The molecular formula is C16H16BrClN2O. The molecule has 1 saturated carbocycles. The van der Waals surface area contributed by atoms with Gasteiger partial charge >= 0.3 is 0 Å². The monoisotopic (exact) mass is 366 g/mol. The van der Waals surface area contributed by atoms with E-state index in [1.165, 1.54) is 5.56 Å². The van der Waals surface area contributed by atoms with Gasteiger partial charge in [-0.15, -0.1) is 0 Å². The van der Waals surface area contributed by atoms with Gasteiger partial charge in [0.1, 0.15) is 10.9 Å². The second-order valence-electron chi connectivity index (χ2n) is 5.28. The molecule has 0 saturated heterocycles. The summed E-state index contributed by atoms with van der Waals surface area (Å²) in [4.78, 5) is 4.13. The first-order chi connectivity index (χ1) is 10.2. The van der Waals surface area contributed by atoms with Crippen LogP contribution in [-0.2, 0) is 0 Å². The van der Waals surface area contributed by atoms with Gasteiger partial charge in [0.05, 0.1) is 23.5 Å². The summed E-state index contributed by atoms with van der Waals surface area (Å²) in [6.07, 6.45) is 4.01. The molecule has 0 radical (unpaired) electrons. The molecular weight excluding hydrogens is 352 g/mol. The minimum atomic E-state index is 0.482. The van der Waals surface area contributed by atoms with E-state index in [1.807, 2.05) is 12.1 Å². The van der Waals surface area contributed by atoms with Crippen LogP contribution in [0.2, 0.25) is 5.15 Å². The second kappa shape index (κ2) is 6.24. The number of anilines is 1. The van der Waals surface area contributed by atoms with E-state index in [0.717, 1.165) is 28.8 Å². The molecule has 0 bridgehead atoms. The Kier molecular flexibility index (Phi) is 4.36. The lowest BCUT2D eigenvalue weighted by Crippen LogP contribution is -2.34. The molecule has 1 fully saturated rings. The van der Waals surface area contributed by atoms with E-state index in [1.54, 1.807) is 13.3 Å². The van der Waals surface area contributed by atoms with Crippen molar-refractivity contribution in [1.29, 1.82) is 0 Å². The Labute approximate surface area is 137 Å². The first kappa shape index (κ1) is 14.7. The molecule has 1 aromatic carbocycles. The van der Waals surface area contributed by atoms with Crippen LogP contribution in [0.4, 0.5) is 5.69 Å². The summed E-state index contributed by atoms with van der Waals surface area (Å²) < 4.78 is 6.10. The van der Waals surface area contributed by atoms with Crippen LogP contribution in [0, 0.1) is 0 Å². The topological polar surface area (TPSA) is 34.1 Å². The van der Waals surface area contributed by atoms with Crippen molar-refractivity contribution in [2.45, 2.75) is 24.8 Å². The smallest absolute Gasteiger partial charge is 0.143 e. The number of rotatable bonds is 4. The van der Waals surface area contributed by atoms with Gasteiger partial charge in [0.25, 0.3) is 0 Å². The van der Waals surface area contributed by atoms with Crippen molar-refractivity contribution >= 4 is 33.2 Å². The average Bonchev–Trinajstić information content (AvgIpc) is 2.46. The van der Waals surface area contributed by atoms with Gasteiger partial charge in [0.15, 0.2) is 0 Å².